The quantitative estimate of drug-likeness (QED) is 0.445. The topological polar surface area (TPSA) is 54.6 Å². The summed E-state index contributed by atoms with van der Waals surface area (Å²) in [7, 11) is -1.34. The molecule has 1 aromatic heterocycles. The highest BCUT2D eigenvalue weighted by molar-refractivity contribution is 6.64. The van der Waals surface area contributed by atoms with Gasteiger partial charge in [0.2, 0.25) is 0 Å². The van der Waals surface area contributed by atoms with Crippen LogP contribution in [0.3, 0.4) is 0 Å². The fourth-order valence-electron chi connectivity index (χ4n) is 4.40. The molecule has 0 saturated heterocycles. The molecule has 1 aliphatic heterocycles. The summed E-state index contributed by atoms with van der Waals surface area (Å²) >= 11 is 0. The van der Waals surface area contributed by atoms with Gasteiger partial charge >= 0.3 is 7.05 Å². The van der Waals surface area contributed by atoms with E-state index in [1.807, 2.05) is 12.1 Å². The minimum atomic E-state index is -1.34. The van der Waals surface area contributed by atoms with Gasteiger partial charge in [0, 0.05) is 16.2 Å². The van der Waals surface area contributed by atoms with Gasteiger partial charge in [-0.2, -0.15) is 4.91 Å². The van der Waals surface area contributed by atoms with Gasteiger partial charge in [0.1, 0.15) is 0 Å². The van der Waals surface area contributed by atoms with Crippen LogP contribution in [0, 0.1) is 4.91 Å². The number of nitroso groups, excluding NO2 is 1. The lowest BCUT2D eigenvalue weighted by molar-refractivity contribution is 0.587. The summed E-state index contributed by atoms with van der Waals surface area (Å²) in [6.45, 7) is 4.51. The van der Waals surface area contributed by atoms with Crippen molar-refractivity contribution >= 4 is 34.3 Å². The fraction of sp³-hybridized carbons (Fsp3) is 0.143. The standard InChI is InChI=1S/C21H17BN2O2/c1-21(2)16-7-3-4-9-19(16)24-18-11-10-13(22(25)23-26)12-15(18)14-6-5-8-17(21)20(14)24/h3-12,25H,1-2H3. The number of benzene rings is 3. The molecule has 0 saturated carbocycles. The molecule has 26 heavy (non-hydrogen) atoms. The zero-order chi connectivity index (χ0) is 18.1. The largest absolute Gasteiger partial charge is 0.517 e. The average Bonchev–Trinajstić information content (AvgIpc) is 3.00. The van der Waals surface area contributed by atoms with Crippen LogP contribution >= 0.6 is 0 Å². The van der Waals surface area contributed by atoms with E-state index in [4.69, 9.17) is 0 Å². The molecule has 0 unspecified atom stereocenters. The van der Waals surface area contributed by atoms with E-state index in [0.29, 0.717) is 5.46 Å². The lowest BCUT2D eigenvalue weighted by atomic mass is 9.74. The van der Waals surface area contributed by atoms with Crippen molar-refractivity contribution in [1.29, 1.82) is 0 Å². The molecule has 1 aliphatic rings. The highest BCUT2D eigenvalue weighted by atomic mass is 16.3. The Morgan fingerprint density at radius 2 is 1.73 bits per heavy atom. The molecular weight excluding hydrogens is 323 g/mol. The van der Waals surface area contributed by atoms with Crippen molar-refractivity contribution in [2.75, 3.05) is 0 Å². The Labute approximate surface area is 151 Å². The summed E-state index contributed by atoms with van der Waals surface area (Å²) in [6, 6.07) is 20.5. The molecule has 3 aromatic carbocycles. The van der Waals surface area contributed by atoms with Crippen molar-refractivity contribution < 1.29 is 5.02 Å². The number of nitrogens with zero attached hydrogens (tertiary/aromatic N) is 2. The van der Waals surface area contributed by atoms with Crippen LogP contribution < -0.4 is 5.46 Å². The smallest absolute Gasteiger partial charge is 0.425 e. The normalized spacial score (nSPS) is 14.4. The summed E-state index contributed by atoms with van der Waals surface area (Å²) in [4.78, 5) is 10.8. The van der Waals surface area contributed by atoms with E-state index < -0.39 is 7.05 Å². The van der Waals surface area contributed by atoms with E-state index in [9.17, 15) is 9.93 Å². The maximum atomic E-state index is 10.8. The van der Waals surface area contributed by atoms with Crippen molar-refractivity contribution in [3.63, 3.8) is 0 Å². The first-order valence-corrected chi connectivity index (χ1v) is 8.72. The minimum Gasteiger partial charge on any atom is -0.425 e. The van der Waals surface area contributed by atoms with Gasteiger partial charge in [0.15, 0.2) is 0 Å². The van der Waals surface area contributed by atoms with E-state index in [-0.39, 0.29) is 5.41 Å². The van der Waals surface area contributed by atoms with Gasteiger partial charge in [-0.1, -0.05) is 67.5 Å². The molecule has 0 radical (unpaired) electrons. The molecule has 5 heteroatoms. The molecule has 5 rings (SSSR count). The van der Waals surface area contributed by atoms with Gasteiger partial charge in [-0.3, -0.25) is 0 Å². The number of fused-ring (bicyclic) bond motifs is 5. The predicted molar refractivity (Wildman–Crippen MR) is 106 cm³/mol. The van der Waals surface area contributed by atoms with E-state index in [1.54, 1.807) is 6.07 Å². The fourth-order valence-corrected chi connectivity index (χ4v) is 4.40. The van der Waals surface area contributed by atoms with Crippen LogP contribution in [-0.4, -0.2) is 16.6 Å². The van der Waals surface area contributed by atoms with Gasteiger partial charge in [0.25, 0.3) is 0 Å². The summed E-state index contributed by atoms with van der Waals surface area (Å²) in [5, 5.41) is 14.8. The van der Waals surface area contributed by atoms with Crippen LogP contribution in [-0.2, 0) is 5.41 Å². The zero-order valence-corrected chi connectivity index (χ0v) is 14.6. The van der Waals surface area contributed by atoms with Gasteiger partial charge < -0.3 is 9.59 Å². The molecule has 4 nitrogen and oxygen atoms in total. The van der Waals surface area contributed by atoms with E-state index >= 15 is 0 Å². The molecule has 0 aliphatic carbocycles. The van der Waals surface area contributed by atoms with Gasteiger partial charge in [0.05, 0.1) is 16.7 Å². The Bertz CT molecular complexity index is 1210. The molecule has 0 atom stereocenters. The van der Waals surface area contributed by atoms with Crippen molar-refractivity contribution in [1.82, 2.24) is 4.57 Å². The molecule has 0 bridgehead atoms. The van der Waals surface area contributed by atoms with Crippen molar-refractivity contribution in [3.8, 4) is 5.69 Å². The van der Waals surface area contributed by atoms with Crippen LogP contribution in [0.5, 0.6) is 0 Å². The average molecular weight is 340 g/mol. The predicted octanol–water partition coefficient (Wildman–Crippen LogP) is 3.88. The summed E-state index contributed by atoms with van der Waals surface area (Å²) in [5.74, 6) is 0. The van der Waals surface area contributed by atoms with Crippen LogP contribution in [0.1, 0.15) is 25.0 Å². The highest BCUT2D eigenvalue weighted by Gasteiger charge is 2.34. The second-order valence-corrected chi connectivity index (χ2v) is 7.43. The highest BCUT2D eigenvalue weighted by Crippen LogP contribution is 2.46. The van der Waals surface area contributed by atoms with Crippen molar-refractivity contribution in [2.45, 2.75) is 19.3 Å². The Morgan fingerprint density at radius 3 is 2.54 bits per heavy atom. The molecule has 0 amide bonds. The van der Waals surface area contributed by atoms with E-state index in [2.05, 4.69) is 66.0 Å². The van der Waals surface area contributed by atoms with Gasteiger partial charge in [-0.05, 0) is 28.7 Å². The second kappa shape index (κ2) is 5.05. The maximum absolute atomic E-state index is 10.8. The van der Waals surface area contributed by atoms with Crippen LogP contribution in [0.2, 0.25) is 0 Å². The minimum absolute atomic E-state index is 0.104. The monoisotopic (exact) mass is 340 g/mol. The number of aromatic nitrogens is 1. The lowest BCUT2D eigenvalue weighted by Gasteiger charge is -2.34. The Hall–Kier alpha value is -2.92. The Kier molecular flexibility index (Phi) is 2.98. The van der Waals surface area contributed by atoms with Gasteiger partial charge in [-0.15, -0.1) is 0 Å². The first kappa shape index (κ1) is 15.3. The number of rotatable bonds is 2. The first-order chi connectivity index (χ1) is 12.5. The third kappa shape index (κ3) is 1.78. The van der Waals surface area contributed by atoms with E-state index in [0.717, 1.165) is 16.3 Å². The molecule has 4 aromatic rings. The van der Waals surface area contributed by atoms with Crippen LogP contribution in [0.4, 0.5) is 0 Å². The van der Waals surface area contributed by atoms with Crippen LogP contribution in [0.25, 0.3) is 27.5 Å². The zero-order valence-electron chi connectivity index (χ0n) is 14.6. The Morgan fingerprint density at radius 1 is 0.962 bits per heavy atom. The number of hydrogen-bond acceptors (Lipinski definition) is 3. The molecule has 126 valence electrons. The third-order valence-corrected chi connectivity index (χ3v) is 5.70. The molecule has 0 spiro atoms. The summed E-state index contributed by atoms with van der Waals surface area (Å²) in [6.07, 6.45) is 0. The van der Waals surface area contributed by atoms with Crippen LogP contribution in [0.15, 0.2) is 65.8 Å². The maximum Gasteiger partial charge on any atom is 0.517 e. The molecule has 0 fully saturated rings. The third-order valence-electron chi connectivity index (χ3n) is 5.70. The molecule has 2 heterocycles. The van der Waals surface area contributed by atoms with Crippen molar-refractivity contribution in [2.24, 2.45) is 5.09 Å². The van der Waals surface area contributed by atoms with E-state index in [1.165, 1.54) is 22.3 Å². The summed E-state index contributed by atoms with van der Waals surface area (Å²) in [5.41, 5.74) is 6.42. The number of para-hydroxylation sites is 2. The second-order valence-electron chi connectivity index (χ2n) is 7.43. The van der Waals surface area contributed by atoms with Crippen molar-refractivity contribution in [3.05, 3.63) is 76.7 Å². The SMILES string of the molecule is CC1(C)c2ccccc2-n2c3ccc(B(O)N=O)cc3c3cccc1c32. The summed E-state index contributed by atoms with van der Waals surface area (Å²) < 4.78 is 2.30. The number of hydrogen-bond donors (Lipinski definition) is 1. The molecule has 1 N–H and O–H groups in total. The molecular formula is C21H17BN2O2. The lowest BCUT2D eigenvalue weighted by Crippen LogP contribution is -2.27. The first-order valence-electron chi connectivity index (χ1n) is 8.72. The Balaban J connectivity index is 2.00. The van der Waals surface area contributed by atoms with Gasteiger partial charge in [-0.25, -0.2) is 0 Å².